The lowest BCUT2D eigenvalue weighted by molar-refractivity contribution is -0.193. The third-order valence-electron chi connectivity index (χ3n) is 7.03. The largest absolute Gasteiger partial charge is 0.493 e. The monoisotopic (exact) mass is 669 g/mol. The summed E-state index contributed by atoms with van der Waals surface area (Å²) in [5.41, 5.74) is 2.21. The van der Waals surface area contributed by atoms with Crippen molar-refractivity contribution in [3.63, 3.8) is 0 Å². The first-order chi connectivity index (χ1) is 20.8. The van der Waals surface area contributed by atoms with Gasteiger partial charge < -0.3 is 19.8 Å². The molecule has 0 unspecified atom stereocenters. The number of carbonyl (C=O) groups is 3. The lowest BCUT2D eigenvalue weighted by Crippen LogP contribution is -2.44. The normalized spacial score (nSPS) is 16.4. The van der Waals surface area contributed by atoms with E-state index in [2.05, 4.69) is 41.9 Å². The van der Waals surface area contributed by atoms with E-state index in [0.29, 0.717) is 22.0 Å². The predicted molar refractivity (Wildman–Crippen MR) is 151 cm³/mol. The number of carboxylic acids is 2. The molecule has 1 spiro atoms. The summed E-state index contributed by atoms with van der Waals surface area (Å²) in [7, 11) is 0. The summed E-state index contributed by atoms with van der Waals surface area (Å²) in [6, 6.07) is 11.8. The first-order valence-corrected chi connectivity index (χ1v) is 14.1. The maximum absolute atomic E-state index is 12.8. The Kier molecular flexibility index (Phi) is 13.5. The Morgan fingerprint density at radius 1 is 0.956 bits per heavy atom. The lowest BCUT2D eigenvalue weighted by Gasteiger charge is -2.39. The molecule has 2 aromatic rings. The highest BCUT2D eigenvalue weighted by molar-refractivity contribution is 6.29. The van der Waals surface area contributed by atoms with E-state index in [-0.39, 0.29) is 5.91 Å². The Balaban J connectivity index is 0.000000421. The summed E-state index contributed by atoms with van der Waals surface area (Å²) in [6.07, 6.45) is -5.26. The average molecular weight is 670 g/mol. The van der Waals surface area contributed by atoms with Crippen molar-refractivity contribution in [1.29, 1.82) is 0 Å². The van der Waals surface area contributed by atoms with Crippen molar-refractivity contribution < 1.29 is 55.7 Å². The minimum Gasteiger partial charge on any atom is -0.493 e. The third kappa shape index (κ3) is 12.4. The van der Waals surface area contributed by atoms with Gasteiger partial charge in [0.05, 0.1) is 6.61 Å². The molecular weight excluding hydrogens is 636 g/mol. The van der Waals surface area contributed by atoms with Crippen LogP contribution in [0.1, 0.15) is 49.0 Å². The zero-order valence-corrected chi connectivity index (χ0v) is 25.3. The van der Waals surface area contributed by atoms with Gasteiger partial charge in [-0.05, 0) is 55.3 Å². The molecule has 0 radical (unpaired) electrons. The van der Waals surface area contributed by atoms with Crippen LogP contribution < -0.4 is 4.74 Å². The molecule has 2 aliphatic heterocycles. The van der Waals surface area contributed by atoms with Crippen LogP contribution in [-0.2, 0) is 16.1 Å². The van der Waals surface area contributed by atoms with Gasteiger partial charge in [0.1, 0.15) is 10.9 Å². The van der Waals surface area contributed by atoms with E-state index in [4.69, 9.17) is 36.1 Å². The van der Waals surface area contributed by atoms with Crippen molar-refractivity contribution in [3.8, 4) is 5.75 Å². The number of hydrogen-bond acceptors (Lipinski definition) is 6. The maximum Gasteiger partial charge on any atom is 0.490 e. The summed E-state index contributed by atoms with van der Waals surface area (Å²) in [5.74, 6) is -3.93. The van der Waals surface area contributed by atoms with Gasteiger partial charge in [-0.15, -0.1) is 0 Å². The lowest BCUT2D eigenvalue weighted by atomic mass is 9.77. The molecule has 3 heterocycles. The van der Waals surface area contributed by atoms with E-state index in [1.807, 2.05) is 11.0 Å². The molecular formula is C29H34ClF6N3O6. The average Bonchev–Trinajstić information content (AvgIpc) is 3.33. The number of benzene rings is 1. The number of rotatable bonds is 6. The Bertz CT molecular complexity index is 1280. The zero-order valence-electron chi connectivity index (χ0n) is 24.5. The summed E-state index contributed by atoms with van der Waals surface area (Å²) in [5, 5.41) is 14.6. The van der Waals surface area contributed by atoms with Crippen LogP contribution in [0.5, 0.6) is 5.75 Å². The Morgan fingerprint density at radius 2 is 1.49 bits per heavy atom. The number of aliphatic carboxylic acids is 2. The molecule has 4 rings (SSSR count). The van der Waals surface area contributed by atoms with E-state index in [1.54, 1.807) is 18.3 Å². The van der Waals surface area contributed by atoms with E-state index in [0.717, 1.165) is 57.9 Å². The summed E-state index contributed by atoms with van der Waals surface area (Å²) >= 11 is 5.96. The van der Waals surface area contributed by atoms with Gasteiger partial charge in [0, 0.05) is 43.5 Å². The van der Waals surface area contributed by atoms with Crippen LogP contribution >= 0.6 is 11.6 Å². The van der Waals surface area contributed by atoms with Crippen LogP contribution in [0.2, 0.25) is 5.15 Å². The fourth-order valence-corrected chi connectivity index (χ4v) is 4.92. The number of carbonyl (C=O) groups excluding carboxylic acids is 1. The molecule has 0 bridgehead atoms. The molecule has 0 aliphatic carbocycles. The molecule has 1 aromatic heterocycles. The van der Waals surface area contributed by atoms with Crippen molar-refractivity contribution in [2.24, 2.45) is 11.3 Å². The molecule has 2 aliphatic rings. The third-order valence-corrected chi connectivity index (χ3v) is 7.23. The van der Waals surface area contributed by atoms with Crippen molar-refractivity contribution in [2.75, 3.05) is 32.8 Å². The number of aromatic nitrogens is 1. The van der Waals surface area contributed by atoms with Crippen LogP contribution in [0, 0.1) is 11.3 Å². The van der Waals surface area contributed by atoms with Crippen LogP contribution in [-0.4, -0.2) is 88.0 Å². The molecule has 16 heteroatoms. The van der Waals surface area contributed by atoms with Crippen molar-refractivity contribution in [2.45, 2.75) is 52.0 Å². The smallest absolute Gasteiger partial charge is 0.490 e. The van der Waals surface area contributed by atoms with Crippen LogP contribution in [0.3, 0.4) is 0 Å². The Hall–Kier alpha value is -3.59. The highest BCUT2D eigenvalue weighted by Crippen LogP contribution is 2.41. The van der Waals surface area contributed by atoms with E-state index in [1.165, 1.54) is 12.0 Å². The SMILES string of the molecule is CC(C)COc1ccccc1CN1CCC2(CCN(C(=O)c3ccnc(Cl)c3)CC2)C1.O=C(O)C(F)(F)F.O=C(O)C(F)(F)F. The molecule has 2 saturated heterocycles. The molecule has 2 N–H and O–H groups in total. The number of ether oxygens (including phenoxy) is 1. The van der Waals surface area contributed by atoms with Gasteiger partial charge in [-0.1, -0.05) is 43.6 Å². The van der Waals surface area contributed by atoms with E-state index in [9.17, 15) is 31.1 Å². The fraction of sp³-hybridized carbons (Fsp3) is 0.517. The van der Waals surface area contributed by atoms with Gasteiger partial charge in [0.2, 0.25) is 0 Å². The molecule has 2 fully saturated rings. The minimum absolute atomic E-state index is 0.0604. The second kappa shape index (κ2) is 16.1. The second-order valence-corrected chi connectivity index (χ2v) is 11.4. The first kappa shape index (κ1) is 37.6. The molecule has 9 nitrogen and oxygen atoms in total. The number of para-hydroxylation sites is 1. The quantitative estimate of drug-likeness (QED) is 0.277. The van der Waals surface area contributed by atoms with Crippen molar-refractivity contribution in [1.82, 2.24) is 14.8 Å². The molecule has 0 atom stereocenters. The topological polar surface area (TPSA) is 120 Å². The van der Waals surface area contributed by atoms with Crippen LogP contribution in [0.15, 0.2) is 42.6 Å². The first-order valence-electron chi connectivity index (χ1n) is 13.8. The van der Waals surface area contributed by atoms with Gasteiger partial charge >= 0.3 is 24.3 Å². The highest BCUT2D eigenvalue weighted by Gasteiger charge is 2.42. The van der Waals surface area contributed by atoms with Gasteiger partial charge in [-0.2, -0.15) is 26.3 Å². The number of likely N-dealkylation sites (tertiary alicyclic amines) is 2. The number of carboxylic acid groups (broad SMARTS) is 2. The number of amides is 1. The number of nitrogens with zero attached hydrogens (tertiary/aromatic N) is 3. The van der Waals surface area contributed by atoms with Gasteiger partial charge in [0.25, 0.3) is 5.91 Å². The predicted octanol–water partition coefficient (Wildman–Crippen LogP) is 6.16. The Labute approximate surface area is 260 Å². The number of alkyl halides is 6. The fourth-order valence-electron chi connectivity index (χ4n) is 4.75. The van der Waals surface area contributed by atoms with Gasteiger partial charge in [-0.25, -0.2) is 14.6 Å². The van der Waals surface area contributed by atoms with E-state index >= 15 is 0 Å². The second-order valence-electron chi connectivity index (χ2n) is 11.0. The van der Waals surface area contributed by atoms with Crippen LogP contribution in [0.25, 0.3) is 0 Å². The zero-order chi connectivity index (χ0) is 34.0. The van der Waals surface area contributed by atoms with Gasteiger partial charge in [-0.3, -0.25) is 9.69 Å². The number of pyridine rings is 1. The standard InChI is InChI=1S/C25H32ClN3O2.2C2HF3O2/c1-19(2)17-31-22-6-4-3-5-21(22)16-28-12-8-25(18-28)9-13-29(14-10-25)24(30)20-7-11-27-23(26)15-20;2*3-2(4,5)1(6)7/h3-7,11,15,19H,8-10,12-14,16-18H2,1-2H3;2*(H,6,7). The number of hydrogen-bond donors (Lipinski definition) is 2. The number of halogens is 7. The maximum atomic E-state index is 12.8. The van der Waals surface area contributed by atoms with Gasteiger partial charge in [0.15, 0.2) is 0 Å². The summed E-state index contributed by atoms with van der Waals surface area (Å²) in [6.45, 7) is 9.82. The molecule has 250 valence electrons. The minimum atomic E-state index is -5.08. The van der Waals surface area contributed by atoms with Crippen molar-refractivity contribution >= 4 is 29.4 Å². The molecule has 1 aromatic carbocycles. The highest BCUT2D eigenvalue weighted by atomic mass is 35.5. The Morgan fingerprint density at radius 3 is 2.00 bits per heavy atom. The number of piperidine rings is 1. The molecule has 1 amide bonds. The van der Waals surface area contributed by atoms with E-state index < -0.39 is 24.3 Å². The summed E-state index contributed by atoms with van der Waals surface area (Å²) < 4.78 is 69.5. The molecule has 45 heavy (non-hydrogen) atoms. The van der Waals surface area contributed by atoms with Crippen LogP contribution in [0.4, 0.5) is 26.3 Å². The molecule has 0 saturated carbocycles. The summed E-state index contributed by atoms with van der Waals surface area (Å²) in [4.78, 5) is 39.1. The van der Waals surface area contributed by atoms with Crippen molar-refractivity contribution in [3.05, 3.63) is 58.9 Å².